The summed E-state index contributed by atoms with van der Waals surface area (Å²) in [6.07, 6.45) is 3.12. The Kier molecular flexibility index (Phi) is 34.5. The summed E-state index contributed by atoms with van der Waals surface area (Å²) in [6, 6.07) is -3.79. The van der Waals surface area contributed by atoms with Crippen molar-refractivity contribution in [2.75, 3.05) is 30.9 Å². The number of thiol groups is 1. The molecule has 0 radical (unpaired) electrons. The van der Waals surface area contributed by atoms with Crippen LogP contribution in [0.4, 0.5) is 0 Å². The van der Waals surface area contributed by atoms with Gasteiger partial charge in [-0.25, -0.2) is 4.79 Å². The number of rotatable bonds is 39. The minimum absolute atomic E-state index is 0.0416. The minimum atomic E-state index is -1.58. The number of amides is 9. The highest BCUT2D eigenvalue weighted by atomic mass is 32.2. The molecule has 0 aliphatic carbocycles. The molecule has 24 nitrogen and oxygen atoms in total. The quantitative estimate of drug-likeness (QED) is 0.0280. The van der Waals surface area contributed by atoms with E-state index in [-0.39, 0.29) is 56.2 Å². The number of thioether (sulfide) groups is 1. The zero-order valence-electron chi connectivity index (χ0n) is 47.4. The maximum atomic E-state index is 14.1. The van der Waals surface area contributed by atoms with Gasteiger partial charge in [0.05, 0.1) is 12.1 Å². The summed E-state index contributed by atoms with van der Waals surface area (Å²) in [6.45, 7) is 13.9. The predicted molar refractivity (Wildman–Crippen MR) is 307 cm³/mol. The molecule has 26 heteroatoms. The molecule has 1 aromatic carbocycles. The topological polar surface area (TPSA) is 397 Å². The largest absolute Gasteiger partial charge is 0.480 e. The van der Waals surface area contributed by atoms with Gasteiger partial charge < -0.3 is 75.3 Å². The molecule has 79 heavy (non-hydrogen) atoms. The molecule has 0 fully saturated rings. The van der Waals surface area contributed by atoms with Gasteiger partial charge in [0.2, 0.25) is 53.2 Å². The third-order valence-electron chi connectivity index (χ3n) is 12.6. The lowest BCUT2D eigenvalue weighted by molar-refractivity contribution is -0.143. The Balaban J connectivity index is 3.35. The van der Waals surface area contributed by atoms with Gasteiger partial charge >= 0.3 is 5.97 Å². The number of carbonyl (C=O) groups excluding carboxylic acids is 9. The second-order valence-corrected chi connectivity index (χ2v) is 22.3. The second-order valence-electron chi connectivity index (χ2n) is 21.0. The average Bonchev–Trinajstić information content (AvgIpc) is 3.38. The van der Waals surface area contributed by atoms with Crippen LogP contribution in [0.3, 0.4) is 0 Å². The zero-order chi connectivity index (χ0) is 59.9. The molecular weight excluding hydrogens is 1060 g/mol. The van der Waals surface area contributed by atoms with Crippen LogP contribution in [0.5, 0.6) is 0 Å². The van der Waals surface area contributed by atoms with E-state index in [1.54, 1.807) is 50.4 Å². The third kappa shape index (κ3) is 27.5. The Bertz CT molecular complexity index is 2110. The minimum Gasteiger partial charge on any atom is -0.480 e. The molecule has 1 rings (SSSR count). The van der Waals surface area contributed by atoms with Crippen LogP contribution in [0, 0.1) is 17.8 Å². The molecule has 0 unspecified atom stereocenters. The molecule has 0 bridgehead atoms. The standard InChI is InChI=1S/C53H92N12O12S2/c1-29(2)25-38(48(71)62-40(53(76)77)26-30(3)4)60-49(72)39(27-34-17-11-10-12-18-34)61-50(73)41(28-78)63-46(69)36(20-14-16-23-55)59-47(70)37(21-24-79-9)58-44(67)32(7)57-52(75)43(33(8)66)65-51(74)42(31(5)6)64-45(68)35(56)19-13-15-22-54/h10-12,17-18,29-33,35-43,66,78H,13-16,19-28,54-56H2,1-9H3,(H,57,75)(H,58,67)(H,59,70)(H,60,72)(H,61,73)(H,62,71)(H,63,69)(H,64,68)(H,65,74)(H,76,77)/t32-,33+,35-,36-,37-,38-,39-,40-,41+,42-,43-/m0/s1. The van der Waals surface area contributed by atoms with Crippen LogP contribution < -0.4 is 65.1 Å². The third-order valence-corrected chi connectivity index (χ3v) is 13.6. The van der Waals surface area contributed by atoms with Gasteiger partial charge in [-0.15, -0.1) is 0 Å². The van der Waals surface area contributed by atoms with Gasteiger partial charge in [-0.05, 0) is 114 Å². The number of hydrogen-bond acceptors (Lipinski definition) is 16. The molecule has 1 aromatic rings. The van der Waals surface area contributed by atoms with Gasteiger partial charge in [0.15, 0.2) is 0 Å². The molecule has 17 N–H and O–H groups in total. The molecule has 11 atom stereocenters. The number of nitrogens with one attached hydrogen (secondary N) is 9. The Labute approximate surface area is 475 Å². The van der Waals surface area contributed by atoms with Crippen LogP contribution in [0.2, 0.25) is 0 Å². The van der Waals surface area contributed by atoms with E-state index in [1.807, 2.05) is 27.7 Å². The van der Waals surface area contributed by atoms with E-state index in [2.05, 4.69) is 60.5 Å². The number of carboxylic acids is 1. The van der Waals surface area contributed by atoms with Gasteiger partial charge in [0, 0.05) is 12.2 Å². The van der Waals surface area contributed by atoms with Crippen molar-refractivity contribution in [2.24, 2.45) is 35.0 Å². The normalized spacial score (nSPS) is 15.6. The molecule has 0 aliphatic heterocycles. The first-order chi connectivity index (χ1) is 37.2. The molecule has 0 saturated heterocycles. The van der Waals surface area contributed by atoms with Gasteiger partial charge in [0.25, 0.3) is 0 Å². The number of carboxylic acid groups (broad SMARTS) is 1. The highest BCUT2D eigenvalue weighted by Gasteiger charge is 2.36. The van der Waals surface area contributed by atoms with Gasteiger partial charge in [0.1, 0.15) is 54.4 Å². The maximum Gasteiger partial charge on any atom is 0.326 e. The summed E-state index contributed by atoms with van der Waals surface area (Å²) in [4.78, 5) is 136. The first-order valence-corrected chi connectivity index (χ1v) is 29.2. The lowest BCUT2D eigenvalue weighted by atomic mass is 9.99. The van der Waals surface area contributed by atoms with E-state index in [4.69, 9.17) is 17.2 Å². The van der Waals surface area contributed by atoms with Crippen LogP contribution >= 0.6 is 24.4 Å². The van der Waals surface area contributed by atoms with E-state index in [0.29, 0.717) is 50.0 Å². The SMILES string of the molecule is CSCC[C@H](NC(=O)[C@H](C)NC(=O)[C@@H](NC(=O)[C@@H](NC(=O)[C@@H](N)CCCCN)C(C)C)[C@@H](C)O)C(=O)N[C@@H](CCCCN)C(=O)N[C@H](CS)C(=O)N[C@@H](Cc1ccccc1)C(=O)N[C@@H](CC(C)C)C(=O)N[C@@H](CC(C)C)C(=O)O. The molecule has 9 amide bonds. The molecule has 0 aliphatic rings. The molecule has 0 saturated carbocycles. The number of benzene rings is 1. The Hall–Kier alpha value is -5.54. The average molecular weight is 1150 g/mol. The van der Waals surface area contributed by atoms with E-state index in [1.165, 1.54) is 25.6 Å². The summed E-state index contributed by atoms with van der Waals surface area (Å²) >= 11 is 5.71. The molecule has 0 heterocycles. The number of nitrogens with two attached hydrogens (primary N) is 3. The van der Waals surface area contributed by atoms with Crippen molar-refractivity contribution in [1.82, 2.24) is 47.9 Å². The van der Waals surface area contributed by atoms with Crippen LogP contribution in [0.1, 0.15) is 119 Å². The van der Waals surface area contributed by atoms with Gasteiger partial charge in [-0.3, -0.25) is 43.2 Å². The molecule has 448 valence electrons. The van der Waals surface area contributed by atoms with Crippen molar-refractivity contribution < 1.29 is 58.2 Å². The first kappa shape index (κ1) is 71.5. The smallest absolute Gasteiger partial charge is 0.326 e. The van der Waals surface area contributed by atoms with Crippen molar-refractivity contribution in [3.63, 3.8) is 0 Å². The van der Waals surface area contributed by atoms with E-state index >= 15 is 0 Å². The molecule has 0 aromatic heterocycles. The van der Waals surface area contributed by atoms with Crippen molar-refractivity contribution >= 4 is 83.5 Å². The number of aliphatic hydroxyl groups excluding tert-OH is 1. The predicted octanol–water partition coefficient (Wildman–Crippen LogP) is -0.906. The lowest BCUT2D eigenvalue weighted by Gasteiger charge is -2.28. The zero-order valence-corrected chi connectivity index (χ0v) is 49.1. The lowest BCUT2D eigenvalue weighted by Crippen LogP contribution is -2.62. The Morgan fingerprint density at radius 2 is 0.962 bits per heavy atom. The van der Waals surface area contributed by atoms with Crippen LogP contribution in [-0.4, -0.2) is 167 Å². The highest BCUT2D eigenvalue weighted by Crippen LogP contribution is 2.13. The van der Waals surface area contributed by atoms with E-state index < -0.39 is 132 Å². The summed E-state index contributed by atoms with van der Waals surface area (Å²) in [5, 5.41) is 43.8. The number of unbranched alkanes of at least 4 members (excludes halogenated alkanes) is 2. The first-order valence-electron chi connectivity index (χ1n) is 27.1. The fourth-order valence-electron chi connectivity index (χ4n) is 8.03. The fraction of sp³-hybridized carbons (Fsp3) is 0.698. The highest BCUT2D eigenvalue weighted by molar-refractivity contribution is 7.98. The molecular formula is C53H92N12O12S2. The number of carbonyl (C=O) groups is 10. The summed E-state index contributed by atoms with van der Waals surface area (Å²) in [7, 11) is 0. The van der Waals surface area contributed by atoms with Gasteiger partial charge in [-0.2, -0.15) is 24.4 Å². The van der Waals surface area contributed by atoms with Crippen molar-refractivity contribution in [2.45, 2.75) is 186 Å². The van der Waals surface area contributed by atoms with Crippen LogP contribution in [0.25, 0.3) is 0 Å². The second kappa shape index (κ2) is 38.2. The van der Waals surface area contributed by atoms with Crippen molar-refractivity contribution in [1.29, 1.82) is 0 Å². The Morgan fingerprint density at radius 1 is 0.519 bits per heavy atom. The Morgan fingerprint density at radius 3 is 1.48 bits per heavy atom. The maximum absolute atomic E-state index is 14.1. The van der Waals surface area contributed by atoms with Crippen LogP contribution in [-0.2, 0) is 54.4 Å². The number of aliphatic hydroxyl groups is 1. The fourth-order valence-corrected chi connectivity index (χ4v) is 8.75. The van der Waals surface area contributed by atoms with Crippen molar-refractivity contribution in [3.8, 4) is 0 Å². The summed E-state index contributed by atoms with van der Waals surface area (Å²) < 4.78 is 0. The van der Waals surface area contributed by atoms with E-state index in [9.17, 15) is 58.2 Å². The van der Waals surface area contributed by atoms with E-state index in [0.717, 1.165) is 0 Å². The molecule has 0 spiro atoms. The van der Waals surface area contributed by atoms with Gasteiger partial charge in [-0.1, -0.05) is 78.3 Å². The van der Waals surface area contributed by atoms with Crippen LogP contribution in [0.15, 0.2) is 30.3 Å². The summed E-state index contributed by atoms with van der Waals surface area (Å²) in [5.41, 5.74) is 18.0. The monoisotopic (exact) mass is 1150 g/mol. The summed E-state index contributed by atoms with van der Waals surface area (Å²) in [5.74, 6) is -8.73. The number of aliphatic carboxylic acids is 1. The van der Waals surface area contributed by atoms with Crippen molar-refractivity contribution in [3.05, 3.63) is 35.9 Å². The number of hydrogen-bond donors (Lipinski definition) is 15.